The number of rotatable bonds is 14. The Kier molecular flexibility index (Phi) is 14.2. The van der Waals surface area contributed by atoms with Gasteiger partial charge in [0, 0.05) is 32.7 Å². The van der Waals surface area contributed by atoms with Crippen LogP contribution in [0.2, 0.25) is 0 Å². The summed E-state index contributed by atoms with van der Waals surface area (Å²) in [6.07, 6.45) is 10.5. The molecule has 0 spiro atoms. The zero-order chi connectivity index (χ0) is 33.3. The molecule has 0 bridgehead atoms. The van der Waals surface area contributed by atoms with Gasteiger partial charge in [0.1, 0.15) is 12.1 Å². The van der Waals surface area contributed by atoms with E-state index in [9.17, 15) is 19.2 Å². The quantitative estimate of drug-likeness (QED) is 0.284. The van der Waals surface area contributed by atoms with Gasteiger partial charge in [0.25, 0.3) is 0 Å². The fourth-order valence-corrected chi connectivity index (χ4v) is 7.38. The van der Waals surface area contributed by atoms with Crippen LogP contribution < -0.4 is 10.6 Å². The summed E-state index contributed by atoms with van der Waals surface area (Å²) in [7, 11) is 3.83. The van der Waals surface area contributed by atoms with Gasteiger partial charge < -0.3 is 20.4 Å². The van der Waals surface area contributed by atoms with E-state index in [-0.39, 0.29) is 47.7 Å². The van der Waals surface area contributed by atoms with Gasteiger partial charge in [0.05, 0.1) is 12.1 Å². The summed E-state index contributed by atoms with van der Waals surface area (Å²) in [6.45, 7) is 15.9. The first-order valence-corrected chi connectivity index (χ1v) is 17.9. The minimum absolute atomic E-state index is 0.0260. The molecule has 3 aliphatic heterocycles. The van der Waals surface area contributed by atoms with E-state index in [1.165, 1.54) is 6.42 Å². The van der Waals surface area contributed by atoms with E-state index < -0.39 is 17.5 Å². The van der Waals surface area contributed by atoms with Crippen molar-refractivity contribution in [3.63, 3.8) is 0 Å². The number of nitrogens with zero attached hydrogens (tertiary/aromatic N) is 4. The maximum absolute atomic E-state index is 14.2. The van der Waals surface area contributed by atoms with E-state index in [1.807, 2.05) is 44.7 Å². The van der Waals surface area contributed by atoms with Crippen molar-refractivity contribution < 1.29 is 19.2 Å². The van der Waals surface area contributed by atoms with Gasteiger partial charge in [-0.25, -0.2) is 0 Å². The Morgan fingerprint density at radius 1 is 0.844 bits per heavy atom. The SMILES string of the molecule is CCCCCCNC(=O)[C@@H]1CCCN1C(=O)[C@@H]1CCCN1C[C@H](C(C)C)N(C)C(=O)[C@@H](NC(=O)[C@H]1CCCCN1C)C(C)(C)C. The molecule has 0 aromatic rings. The fourth-order valence-electron chi connectivity index (χ4n) is 7.38. The lowest BCUT2D eigenvalue weighted by atomic mass is 9.84. The molecular formula is C35H64N6O4. The summed E-state index contributed by atoms with van der Waals surface area (Å²) in [5, 5.41) is 6.23. The third kappa shape index (κ3) is 9.90. The first kappa shape index (κ1) is 37.3. The second kappa shape index (κ2) is 17.1. The predicted octanol–water partition coefficient (Wildman–Crippen LogP) is 3.64. The van der Waals surface area contributed by atoms with E-state index in [4.69, 9.17) is 0 Å². The smallest absolute Gasteiger partial charge is 0.245 e. The van der Waals surface area contributed by atoms with Crippen LogP contribution in [0.1, 0.15) is 112 Å². The average molecular weight is 633 g/mol. The molecule has 10 heteroatoms. The highest BCUT2D eigenvalue weighted by Gasteiger charge is 2.43. The molecule has 0 aromatic heterocycles. The molecule has 3 fully saturated rings. The van der Waals surface area contributed by atoms with E-state index in [2.05, 4.69) is 41.2 Å². The molecule has 258 valence electrons. The summed E-state index contributed by atoms with van der Waals surface area (Å²) >= 11 is 0. The van der Waals surface area contributed by atoms with Crippen LogP contribution >= 0.6 is 0 Å². The van der Waals surface area contributed by atoms with E-state index >= 15 is 0 Å². The van der Waals surface area contributed by atoms with Gasteiger partial charge in [-0.05, 0) is 76.4 Å². The van der Waals surface area contributed by atoms with Gasteiger partial charge in [-0.15, -0.1) is 0 Å². The number of carbonyl (C=O) groups excluding carboxylic acids is 4. The molecule has 45 heavy (non-hydrogen) atoms. The second-order valence-electron chi connectivity index (χ2n) is 15.3. The number of likely N-dealkylation sites (tertiary alicyclic amines) is 3. The highest BCUT2D eigenvalue weighted by atomic mass is 16.2. The van der Waals surface area contributed by atoms with Crippen LogP contribution in [0.3, 0.4) is 0 Å². The minimum Gasteiger partial charge on any atom is -0.354 e. The van der Waals surface area contributed by atoms with Gasteiger partial charge in [0.2, 0.25) is 23.6 Å². The maximum atomic E-state index is 14.2. The molecule has 2 N–H and O–H groups in total. The molecule has 0 unspecified atom stereocenters. The summed E-state index contributed by atoms with van der Waals surface area (Å²) < 4.78 is 0. The number of hydrogen-bond donors (Lipinski definition) is 2. The minimum atomic E-state index is -0.659. The van der Waals surface area contributed by atoms with Crippen molar-refractivity contribution in [2.45, 2.75) is 142 Å². The summed E-state index contributed by atoms with van der Waals surface area (Å²) in [6, 6.07) is -1.68. The topological polar surface area (TPSA) is 105 Å². The molecule has 3 rings (SSSR count). The number of nitrogens with one attached hydrogen (secondary N) is 2. The Balaban J connectivity index is 1.68. The molecule has 5 atom stereocenters. The largest absolute Gasteiger partial charge is 0.354 e. The summed E-state index contributed by atoms with van der Waals surface area (Å²) in [5.41, 5.74) is -0.469. The van der Waals surface area contributed by atoms with Gasteiger partial charge in [-0.3, -0.25) is 29.0 Å². The molecule has 0 aromatic carbocycles. The number of carbonyl (C=O) groups is 4. The zero-order valence-electron chi connectivity index (χ0n) is 29.7. The summed E-state index contributed by atoms with van der Waals surface area (Å²) in [5.74, 6) is 0.000727. The number of unbranched alkanes of at least 4 members (excludes halogenated alkanes) is 3. The number of likely N-dealkylation sites (N-methyl/N-ethyl adjacent to an activating group) is 2. The molecule has 3 aliphatic rings. The number of piperidine rings is 1. The Morgan fingerprint density at radius 3 is 2.16 bits per heavy atom. The third-order valence-corrected chi connectivity index (χ3v) is 10.3. The predicted molar refractivity (Wildman–Crippen MR) is 180 cm³/mol. The van der Waals surface area contributed by atoms with Gasteiger partial charge in [0.15, 0.2) is 0 Å². The fraction of sp³-hybridized carbons (Fsp3) is 0.886. The first-order valence-electron chi connectivity index (χ1n) is 17.9. The second-order valence-corrected chi connectivity index (χ2v) is 15.3. The molecule has 0 radical (unpaired) electrons. The van der Waals surface area contributed by atoms with Gasteiger partial charge >= 0.3 is 0 Å². The zero-order valence-corrected chi connectivity index (χ0v) is 29.7. The Bertz CT molecular complexity index is 997. The van der Waals surface area contributed by atoms with Gasteiger partial charge in [-0.2, -0.15) is 0 Å². The molecule has 3 saturated heterocycles. The van der Waals surface area contributed by atoms with Crippen LogP contribution in [0.25, 0.3) is 0 Å². The van der Waals surface area contributed by atoms with Gasteiger partial charge in [-0.1, -0.05) is 67.2 Å². The monoisotopic (exact) mass is 632 g/mol. The Morgan fingerprint density at radius 2 is 1.51 bits per heavy atom. The van der Waals surface area contributed by atoms with E-state index in [0.717, 1.165) is 70.9 Å². The lowest BCUT2D eigenvalue weighted by molar-refractivity contribution is -0.144. The molecule has 3 heterocycles. The van der Waals surface area contributed by atoms with E-state index in [1.54, 1.807) is 0 Å². The molecular weight excluding hydrogens is 568 g/mol. The number of hydrogen-bond acceptors (Lipinski definition) is 6. The molecule has 0 saturated carbocycles. The molecule has 10 nitrogen and oxygen atoms in total. The lowest BCUT2D eigenvalue weighted by Gasteiger charge is -2.41. The van der Waals surface area contributed by atoms with E-state index in [0.29, 0.717) is 26.1 Å². The van der Waals surface area contributed by atoms with Crippen LogP contribution in [0.4, 0.5) is 0 Å². The van der Waals surface area contributed by atoms with Crippen LogP contribution in [0.15, 0.2) is 0 Å². The lowest BCUT2D eigenvalue weighted by Crippen LogP contribution is -2.61. The highest BCUT2D eigenvalue weighted by molar-refractivity contribution is 5.91. The molecule has 0 aliphatic carbocycles. The number of amides is 4. The van der Waals surface area contributed by atoms with Crippen molar-refractivity contribution >= 4 is 23.6 Å². The Hall–Kier alpha value is -2.20. The van der Waals surface area contributed by atoms with Crippen molar-refractivity contribution in [2.75, 3.05) is 46.8 Å². The average Bonchev–Trinajstić information content (AvgIpc) is 3.67. The maximum Gasteiger partial charge on any atom is 0.245 e. The summed E-state index contributed by atoms with van der Waals surface area (Å²) in [4.78, 5) is 62.5. The highest BCUT2D eigenvalue weighted by Crippen LogP contribution is 2.28. The standard InChI is InChI=1S/C35H64N6O4/c1-9-10-11-13-20-36-31(42)27-18-16-23-41(27)33(44)28-19-15-22-40(28)24-29(25(2)3)39(8)34(45)30(35(4,5)6)37-32(43)26-17-12-14-21-38(26)7/h25-30H,9-24H2,1-8H3,(H,36,42)(H,37,43)/t26-,27+,28+,29-,30-/m1/s1. The van der Waals surface area contributed by atoms with Crippen molar-refractivity contribution in [3.8, 4) is 0 Å². The third-order valence-electron chi connectivity index (χ3n) is 10.3. The normalized spacial score (nSPS) is 24.5. The van der Waals surface area contributed by atoms with Crippen molar-refractivity contribution in [1.82, 2.24) is 30.2 Å². The van der Waals surface area contributed by atoms with Crippen molar-refractivity contribution in [2.24, 2.45) is 11.3 Å². The molecule has 4 amide bonds. The Labute approximate surface area is 273 Å². The van der Waals surface area contributed by atoms with Crippen molar-refractivity contribution in [1.29, 1.82) is 0 Å². The first-order chi connectivity index (χ1) is 21.3. The van der Waals surface area contributed by atoms with Crippen LogP contribution in [-0.4, -0.2) is 120 Å². The van der Waals surface area contributed by atoms with Crippen molar-refractivity contribution in [3.05, 3.63) is 0 Å². The van der Waals surface area contributed by atoms with Crippen LogP contribution in [0.5, 0.6) is 0 Å². The van der Waals surface area contributed by atoms with Crippen LogP contribution in [-0.2, 0) is 19.2 Å². The van der Waals surface area contributed by atoms with Crippen LogP contribution in [0, 0.1) is 11.3 Å².